The van der Waals surface area contributed by atoms with E-state index < -0.39 is 0 Å². The molecule has 9 rings (SSSR count). The Morgan fingerprint density at radius 3 is 1.71 bits per heavy atom. The SMILES string of the molecule is CC.c1ccc(-c2ccc(N(c3ccc(-c4cccc5ccccc45)cc3)c3ccc4c(c3)-c3ccccc3C43CCCCC3)cc2)cc1. The molecule has 0 aromatic heterocycles. The summed E-state index contributed by atoms with van der Waals surface area (Å²) < 4.78 is 0. The number of benzene rings is 7. The predicted octanol–water partition coefficient (Wildman–Crippen LogP) is 13.9. The molecule has 0 amide bonds. The Morgan fingerprint density at radius 1 is 0.408 bits per heavy atom. The summed E-state index contributed by atoms with van der Waals surface area (Å²) in [6, 6.07) is 60.5. The standard InChI is InChI=1S/C46H37N.C2H6/c1-3-12-33(13-4-1)34-20-24-37(25-21-34)47(38-26-22-36(23-27-38)41-18-11-15-35-14-5-6-16-40(35)41)39-28-29-45-43(32-39)42-17-7-8-19-44(42)46(45)30-9-2-10-31-46;1-2/h1,3-8,11-29,32H,2,9-10,30-31H2;1-2H3. The molecule has 2 aliphatic carbocycles. The van der Waals surface area contributed by atoms with Crippen molar-refractivity contribution >= 4 is 27.8 Å². The first-order valence-corrected chi connectivity index (χ1v) is 18.1. The summed E-state index contributed by atoms with van der Waals surface area (Å²) in [7, 11) is 0. The van der Waals surface area contributed by atoms with Gasteiger partial charge in [0, 0.05) is 22.5 Å². The van der Waals surface area contributed by atoms with E-state index in [1.54, 1.807) is 0 Å². The van der Waals surface area contributed by atoms with Crippen molar-refractivity contribution in [2.45, 2.75) is 51.4 Å². The van der Waals surface area contributed by atoms with Crippen LogP contribution in [0.2, 0.25) is 0 Å². The summed E-state index contributed by atoms with van der Waals surface area (Å²) in [6.45, 7) is 4.00. The average molecular weight is 634 g/mol. The number of nitrogens with zero attached hydrogens (tertiary/aromatic N) is 1. The van der Waals surface area contributed by atoms with Gasteiger partial charge in [0.2, 0.25) is 0 Å². The van der Waals surface area contributed by atoms with Crippen molar-refractivity contribution in [1.29, 1.82) is 0 Å². The van der Waals surface area contributed by atoms with E-state index in [0.717, 1.165) is 11.4 Å². The highest BCUT2D eigenvalue weighted by Gasteiger charge is 2.43. The molecule has 0 heterocycles. The molecule has 1 spiro atoms. The smallest absolute Gasteiger partial charge is 0.0468 e. The van der Waals surface area contributed by atoms with Crippen LogP contribution < -0.4 is 4.90 Å². The molecule has 7 aromatic rings. The first-order valence-electron chi connectivity index (χ1n) is 18.1. The molecular weight excluding hydrogens is 591 g/mol. The summed E-state index contributed by atoms with van der Waals surface area (Å²) in [5, 5.41) is 2.55. The second kappa shape index (κ2) is 13.2. The zero-order valence-corrected chi connectivity index (χ0v) is 28.6. The molecular formula is C48H43N. The lowest BCUT2D eigenvalue weighted by atomic mass is 9.68. The lowest BCUT2D eigenvalue weighted by Gasteiger charge is -2.36. The topological polar surface area (TPSA) is 3.24 Å². The number of hydrogen-bond acceptors (Lipinski definition) is 1. The quantitative estimate of drug-likeness (QED) is 0.182. The van der Waals surface area contributed by atoms with Crippen molar-refractivity contribution in [3.05, 3.63) is 175 Å². The van der Waals surface area contributed by atoms with Gasteiger partial charge in [0.1, 0.15) is 0 Å². The Hall–Kier alpha value is -5.40. The molecule has 7 aromatic carbocycles. The Labute approximate surface area is 291 Å². The van der Waals surface area contributed by atoms with Gasteiger partial charge in [-0.15, -0.1) is 0 Å². The predicted molar refractivity (Wildman–Crippen MR) is 210 cm³/mol. The third-order valence-electron chi connectivity index (χ3n) is 10.7. The van der Waals surface area contributed by atoms with Crippen LogP contribution in [0.3, 0.4) is 0 Å². The zero-order chi connectivity index (χ0) is 33.2. The Kier molecular flexibility index (Phi) is 8.35. The molecule has 2 aliphatic rings. The molecule has 0 unspecified atom stereocenters. The van der Waals surface area contributed by atoms with Crippen LogP contribution in [-0.2, 0) is 5.41 Å². The van der Waals surface area contributed by atoms with Gasteiger partial charge in [0.05, 0.1) is 0 Å². The monoisotopic (exact) mass is 633 g/mol. The van der Waals surface area contributed by atoms with Gasteiger partial charge in [-0.1, -0.05) is 161 Å². The van der Waals surface area contributed by atoms with E-state index in [2.05, 4.69) is 169 Å². The number of anilines is 3. The Morgan fingerprint density at radius 2 is 0.959 bits per heavy atom. The van der Waals surface area contributed by atoms with E-state index >= 15 is 0 Å². The van der Waals surface area contributed by atoms with Crippen LogP contribution >= 0.6 is 0 Å². The average Bonchev–Trinajstić information content (AvgIpc) is 3.44. The van der Waals surface area contributed by atoms with E-state index in [0.29, 0.717) is 0 Å². The van der Waals surface area contributed by atoms with Crippen LogP contribution in [0.25, 0.3) is 44.2 Å². The summed E-state index contributed by atoms with van der Waals surface area (Å²) in [5.74, 6) is 0. The highest BCUT2D eigenvalue weighted by molar-refractivity contribution is 5.97. The molecule has 1 fully saturated rings. The van der Waals surface area contributed by atoms with Gasteiger partial charge < -0.3 is 4.90 Å². The van der Waals surface area contributed by atoms with Gasteiger partial charge in [0.25, 0.3) is 0 Å². The minimum Gasteiger partial charge on any atom is -0.310 e. The normalized spacial score (nSPS) is 14.1. The van der Waals surface area contributed by atoms with Crippen molar-refractivity contribution in [3.8, 4) is 33.4 Å². The molecule has 1 nitrogen and oxygen atoms in total. The van der Waals surface area contributed by atoms with Gasteiger partial charge in [-0.25, -0.2) is 0 Å². The van der Waals surface area contributed by atoms with E-state index in [1.165, 1.54) is 93.1 Å². The van der Waals surface area contributed by atoms with Gasteiger partial charge in [-0.2, -0.15) is 0 Å². The lowest BCUT2D eigenvalue weighted by Crippen LogP contribution is -2.28. The molecule has 0 saturated heterocycles. The number of hydrogen-bond donors (Lipinski definition) is 0. The molecule has 240 valence electrons. The van der Waals surface area contributed by atoms with Crippen molar-refractivity contribution in [3.63, 3.8) is 0 Å². The summed E-state index contributed by atoms with van der Waals surface area (Å²) in [5.41, 5.74) is 14.5. The molecule has 0 radical (unpaired) electrons. The van der Waals surface area contributed by atoms with Crippen LogP contribution in [0, 0.1) is 0 Å². The van der Waals surface area contributed by atoms with E-state index in [-0.39, 0.29) is 5.41 Å². The fourth-order valence-corrected chi connectivity index (χ4v) is 8.43. The summed E-state index contributed by atoms with van der Waals surface area (Å²) in [4.78, 5) is 2.43. The Balaban J connectivity index is 0.00000171. The van der Waals surface area contributed by atoms with E-state index in [9.17, 15) is 0 Å². The summed E-state index contributed by atoms with van der Waals surface area (Å²) in [6.07, 6.45) is 6.45. The minimum absolute atomic E-state index is 0.158. The van der Waals surface area contributed by atoms with Gasteiger partial charge in [0.15, 0.2) is 0 Å². The highest BCUT2D eigenvalue weighted by Crippen LogP contribution is 2.56. The third-order valence-corrected chi connectivity index (χ3v) is 10.7. The highest BCUT2D eigenvalue weighted by atomic mass is 15.1. The van der Waals surface area contributed by atoms with Gasteiger partial charge in [-0.05, 0) is 105 Å². The molecule has 0 bridgehead atoms. The third kappa shape index (κ3) is 5.44. The lowest BCUT2D eigenvalue weighted by molar-refractivity contribution is 0.353. The second-order valence-electron chi connectivity index (χ2n) is 13.2. The van der Waals surface area contributed by atoms with Crippen LogP contribution in [-0.4, -0.2) is 0 Å². The van der Waals surface area contributed by atoms with Crippen LogP contribution in [0.4, 0.5) is 17.1 Å². The van der Waals surface area contributed by atoms with Crippen LogP contribution in [0.5, 0.6) is 0 Å². The van der Waals surface area contributed by atoms with Gasteiger partial charge >= 0.3 is 0 Å². The maximum atomic E-state index is 2.46. The van der Waals surface area contributed by atoms with Crippen molar-refractivity contribution < 1.29 is 0 Å². The largest absolute Gasteiger partial charge is 0.310 e. The number of rotatable bonds is 5. The van der Waals surface area contributed by atoms with Crippen molar-refractivity contribution in [1.82, 2.24) is 0 Å². The molecule has 0 atom stereocenters. The minimum atomic E-state index is 0.158. The maximum Gasteiger partial charge on any atom is 0.0468 e. The second-order valence-corrected chi connectivity index (χ2v) is 13.2. The molecule has 0 N–H and O–H groups in total. The Bertz CT molecular complexity index is 2200. The van der Waals surface area contributed by atoms with Gasteiger partial charge in [-0.3, -0.25) is 0 Å². The maximum absolute atomic E-state index is 2.46. The van der Waals surface area contributed by atoms with E-state index in [4.69, 9.17) is 0 Å². The van der Waals surface area contributed by atoms with Crippen LogP contribution in [0.15, 0.2) is 164 Å². The van der Waals surface area contributed by atoms with Crippen molar-refractivity contribution in [2.75, 3.05) is 4.90 Å². The molecule has 1 heteroatoms. The van der Waals surface area contributed by atoms with Crippen LogP contribution in [0.1, 0.15) is 57.1 Å². The molecule has 49 heavy (non-hydrogen) atoms. The number of fused-ring (bicyclic) bond motifs is 6. The first-order chi connectivity index (χ1) is 24.3. The fraction of sp³-hybridized carbons (Fsp3) is 0.167. The summed E-state index contributed by atoms with van der Waals surface area (Å²) >= 11 is 0. The van der Waals surface area contributed by atoms with E-state index in [1.807, 2.05) is 13.8 Å². The molecule has 0 aliphatic heterocycles. The first kappa shape index (κ1) is 30.9. The zero-order valence-electron chi connectivity index (χ0n) is 28.6. The van der Waals surface area contributed by atoms with Crippen molar-refractivity contribution in [2.24, 2.45) is 0 Å². The molecule has 1 saturated carbocycles. The fourth-order valence-electron chi connectivity index (χ4n) is 8.43.